The minimum absolute atomic E-state index is 0.247. The van der Waals surface area contributed by atoms with E-state index in [1.807, 2.05) is 12.1 Å². The number of fused-ring (bicyclic) bond motifs is 3. The summed E-state index contributed by atoms with van der Waals surface area (Å²) < 4.78 is 5.96. The first-order valence-electron chi connectivity index (χ1n) is 6.85. The highest BCUT2D eigenvalue weighted by Crippen LogP contribution is 2.52. The van der Waals surface area contributed by atoms with Gasteiger partial charge in [-0.3, -0.25) is 0 Å². The molecule has 2 aliphatic carbocycles. The zero-order valence-corrected chi connectivity index (χ0v) is 10.6. The van der Waals surface area contributed by atoms with Crippen LogP contribution in [0.3, 0.4) is 0 Å². The molecule has 1 heterocycles. The molecule has 0 spiro atoms. The predicted molar refractivity (Wildman–Crippen MR) is 70.3 cm³/mol. The summed E-state index contributed by atoms with van der Waals surface area (Å²) >= 11 is 0. The Morgan fingerprint density at radius 2 is 2.11 bits per heavy atom. The molecule has 4 unspecified atom stereocenters. The molecule has 2 fully saturated rings. The quantitative estimate of drug-likeness (QED) is 0.836. The third-order valence-corrected chi connectivity index (χ3v) is 4.90. The minimum atomic E-state index is 0.247. The van der Waals surface area contributed by atoms with E-state index in [-0.39, 0.29) is 6.04 Å². The van der Waals surface area contributed by atoms with E-state index in [0.717, 1.165) is 17.0 Å². The van der Waals surface area contributed by atoms with Crippen LogP contribution in [0, 0.1) is 18.8 Å². The van der Waals surface area contributed by atoms with Crippen molar-refractivity contribution in [2.75, 3.05) is 0 Å². The number of para-hydroxylation sites is 1. The van der Waals surface area contributed by atoms with Crippen LogP contribution in [0.5, 0.6) is 0 Å². The van der Waals surface area contributed by atoms with Crippen LogP contribution in [0.2, 0.25) is 0 Å². The number of benzene rings is 1. The highest BCUT2D eigenvalue weighted by molar-refractivity contribution is 5.76. The first-order valence-corrected chi connectivity index (χ1v) is 6.85. The second kappa shape index (κ2) is 3.58. The van der Waals surface area contributed by atoms with Gasteiger partial charge in [0, 0.05) is 6.04 Å². The van der Waals surface area contributed by atoms with Gasteiger partial charge in [-0.15, -0.1) is 0 Å². The SMILES string of the molecule is Cc1cccc2oc(C3C4CCC(C4)C3N)nc12. The maximum absolute atomic E-state index is 6.36. The Morgan fingerprint density at radius 3 is 2.83 bits per heavy atom. The van der Waals surface area contributed by atoms with Crippen LogP contribution in [0.4, 0.5) is 0 Å². The monoisotopic (exact) mass is 242 g/mol. The fourth-order valence-electron chi connectivity index (χ4n) is 3.95. The van der Waals surface area contributed by atoms with Gasteiger partial charge < -0.3 is 10.2 Å². The lowest BCUT2D eigenvalue weighted by atomic mass is 9.85. The molecule has 2 aliphatic rings. The number of oxazole rings is 1. The molecule has 2 N–H and O–H groups in total. The lowest BCUT2D eigenvalue weighted by Crippen LogP contribution is -2.34. The number of aromatic nitrogens is 1. The standard InChI is InChI=1S/C15H18N2O/c1-8-3-2-4-11-14(8)17-15(18-11)12-9-5-6-10(7-9)13(12)16/h2-4,9-10,12-13H,5-7,16H2,1H3. The number of nitrogens with two attached hydrogens (primary N) is 1. The predicted octanol–water partition coefficient (Wildman–Crippen LogP) is 2.98. The van der Waals surface area contributed by atoms with Crippen molar-refractivity contribution in [2.45, 2.75) is 38.1 Å². The smallest absolute Gasteiger partial charge is 0.200 e. The summed E-state index contributed by atoms with van der Waals surface area (Å²) in [6.45, 7) is 2.08. The number of nitrogens with zero attached hydrogens (tertiary/aromatic N) is 1. The van der Waals surface area contributed by atoms with Crippen LogP contribution in [0.1, 0.15) is 36.6 Å². The Labute approximate surface area is 106 Å². The summed E-state index contributed by atoms with van der Waals surface area (Å²) in [6, 6.07) is 6.34. The van der Waals surface area contributed by atoms with E-state index in [4.69, 9.17) is 15.1 Å². The molecule has 2 aromatic rings. The third-order valence-electron chi connectivity index (χ3n) is 4.90. The molecule has 3 heteroatoms. The fourth-order valence-corrected chi connectivity index (χ4v) is 3.95. The van der Waals surface area contributed by atoms with E-state index in [1.54, 1.807) is 0 Å². The van der Waals surface area contributed by atoms with E-state index in [0.29, 0.717) is 17.8 Å². The lowest BCUT2D eigenvalue weighted by molar-refractivity contribution is 0.317. The van der Waals surface area contributed by atoms with Crippen molar-refractivity contribution in [3.8, 4) is 0 Å². The van der Waals surface area contributed by atoms with E-state index < -0.39 is 0 Å². The molecule has 4 rings (SSSR count). The van der Waals surface area contributed by atoms with Crippen molar-refractivity contribution in [3.05, 3.63) is 29.7 Å². The van der Waals surface area contributed by atoms with E-state index in [1.165, 1.54) is 24.8 Å². The summed E-state index contributed by atoms with van der Waals surface area (Å²) in [5.74, 6) is 2.60. The molecule has 2 bridgehead atoms. The van der Waals surface area contributed by atoms with Gasteiger partial charge in [0.15, 0.2) is 11.5 Å². The van der Waals surface area contributed by atoms with Gasteiger partial charge in [0.05, 0.1) is 5.92 Å². The summed E-state index contributed by atoms with van der Waals surface area (Å²) in [7, 11) is 0. The summed E-state index contributed by atoms with van der Waals surface area (Å²) in [4.78, 5) is 4.72. The van der Waals surface area contributed by atoms with Gasteiger partial charge in [0.2, 0.25) is 0 Å². The highest BCUT2D eigenvalue weighted by Gasteiger charge is 2.48. The summed E-state index contributed by atoms with van der Waals surface area (Å²) in [5.41, 5.74) is 9.44. The second-order valence-corrected chi connectivity index (χ2v) is 5.91. The van der Waals surface area contributed by atoms with Crippen molar-refractivity contribution in [3.63, 3.8) is 0 Å². The van der Waals surface area contributed by atoms with Crippen molar-refractivity contribution >= 4 is 11.1 Å². The molecule has 1 aromatic carbocycles. The van der Waals surface area contributed by atoms with Crippen LogP contribution >= 0.6 is 0 Å². The van der Waals surface area contributed by atoms with Gasteiger partial charge >= 0.3 is 0 Å². The normalized spacial score (nSPS) is 34.6. The average molecular weight is 242 g/mol. The summed E-state index contributed by atoms with van der Waals surface area (Å²) in [5, 5.41) is 0. The van der Waals surface area contributed by atoms with Crippen LogP contribution in [0.25, 0.3) is 11.1 Å². The van der Waals surface area contributed by atoms with Crippen LogP contribution in [-0.2, 0) is 0 Å². The van der Waals surface area contributed by atoms with Crippen LogP contribution < -0.4 is 5.73 Å². The summed E-state index contributed by atoms with van der Waals surface area (Å²) in [6.07, 6.45) is 3.85. The Kier molecular flexibility index (Phi) is 2.10. The van der Waals surface area contributed by atoms with E-state index >= 15 is 0 Å². The molecule has 1 aromatic heterocycles. The van der Waals surface area contributed by atoms with Gasteiger partial charge in [-0.05, 0) is 49.7 Å². The number of rotatable bonds is 1. The van der Waals surface area contributed by atoms with Crippen molar-refractivity contribution in [2.24, 2.45) is 17.6 Å². The third kappa shape index (κ3) is 1.31. The number of hydrogen-bond donors (Lipinski definition) is 1. The second-order valence-electron chi connectivity index (χ2n) is 5.91. The molecular weight excluding hydrogens is 224 g/mol. The molecule has 4 atom stereocenters. The molecule has 0 saturated heterocycles. The van der Waals surface area contributed by atoms with Crippen molar-refractivity contribution in [1.82, 2.24) is 4.98 Å². The Balaban J connectivity index is 1.81. The Bertz CT molecular complexity index is 602. The van der Waals surface area contributed by atoms with E-state index in [2.05, 4.69) is 13.0 Å². The number of hydrogen-bond acceptors (Lipinski definition) is 3. The van der Waals surface area contributed by atoms with Gasteiger partial charge in [0.1, 0.15) is 5.52 Å². The maximum atomic E-state index is 6.36. The lowest BCUT2D eigenvalue weighted by Gasteiger charge is -2.25. The average Bonchev–Trinajstić information content (AvgIpc) is 3.01. The highest BCUT2D eigenvalue weighted by atomic mass is 16.3. The fraction of sp³-hybridized carbons (Fsp3) is 0.533. The molecule has 94 valence electrons. The largest absolute Gasteiger partial charge is 0.440 e. The van der Waals surface area contributed by atoms with Gasteiger partial charge in [-0.25, -0.2) is 4.98 Å². The van der Waals surface area contributed by atoms with Crippen LogP contribution in [-0.4, -0.2) is 11.0 Å². The zero-order valence-electron chi connectivity index (χ0n) is 10.6. The maximum Gasteiger partial charge on any atom is 0.200 e. The van der Waals surface area contributed by atoms with Crippen molar-refractivity contribution in [1.29, 1.82) is 0 Å². The first kappa shape index (κ1) is 10.6. The molecule has 3 nitrogen and oxygen atoms in total. The van der Waals surface area contributed by atoms with Gasteiger partial charge in [0.25, 0.3) is 0 Å². The Morgan fingerprint density at radius 1 is 1.28 bits per heavy atom. The molecule has 0 amide bonds. The molecular formula is C15H18N2O. The first-order chi connectivity index (χ1) is 8.74. The van der Waals surface area contributed by atoms with E-state index in [9.17, 15) is 0 Å². The topological polar surface area (TPSA) is 52.0 Å². The Hall–Kier alpha value is -1.35. The van der Waals surface area contributed by atoms with Crippen LogP contribution in [0.15, 0.2) is 22.6 Å². The van der Waals surface area contributed by atoms with Crippen molar-refractivity contribution < 1.29 is 4.42 Å². The molecule has 2 saturated carbocycles. The zero-order chi connectivity index (χ0) is 12.3. The molecule has 0 aliphatic heterocycles. The molecule has 0 radical (unpaired) electrons. The minimum Gasteiger partial charge on any atom is -0.440 e. The molecule has 18 heavy (non-hydrogen) atoms. The van der Waals surface area contributed by atoms with Gasteiger partial charge in [-0.2, -0.15) is 0 Å². The number of aryl methyl sites for hydroxylation is 1. The van der Waals surface area contributed by atoms with Gasteiger partial charge in [-0.1, -0.05) is 12.1 Å².